The van der Waals surface area contributed by atoms with E-state index in [-0.39, 0.29) is 5.97 Å². The Morgan fingerprint density at radius 3 is 2.16 bits per heavy atom. The van der Waals surface area contributed by atoms with Gasteiger partial charge in [-0.05, 0) is 36.5 Å². The fourth-order valence-electron chi connectivity index (χ4n) is 3.11. The topological polar surface area (TPSA) is 65.2 Å². The van der Waals surface area contributed by atoms with Gasteiger partial charge >= 0.3 is 5.97 Å². The third kappa shape index (κ3) is 2.82. The van der Waals surface area contributed by atoms with Crippen molar-refractivity contribution in [3.05, 3.63) is 60.3 Å². The highest BCUT2D eigenvalue weighted by Crippen LogP contribution is 2.49. The Morgan fingerprint density at radius 1 is 1.04 bits per heavy atom. The van der Waals surface area contributed by atoms with Crippen molar-refractivity contribution < 1.29 is 14.1 Å². The number of ether oxygens (including phenoxy) is 1. The number of rotatable bonds is 5. The van der Waals surface area contributed by atoms with Gasteiger partial charge in [0, 0.05) is 10.8 Å². The molecular formula is C20H18N2O3. The van der Waals surface area contributed by atoms with E-state index in [1.165, 1.54) is 0 Å². The molecule has 1 aliphatic carbocycles. The highest BCUT2D eigenvalue weighted by molar-refractivity contribution is 5.87. The fraction of sp³-hybridized carbons (Fsp3) is 0.250. The largest absolute Gasteiger partial charge is 0.465 e. The molecule has 0 atom stereocenters. The molecule has 126 valence electrons. The van der Waals surface area contributed by atoms with E-state index in [2.05, 4.69) is 22.5 Å². The summed E-state index contributed by atoms with van der Waals surface area (Å²) in [5, 5.41) is 7.17. The van der Waals surface area contributed by atoms with E-state index in [1.54, 1.807) is 6.20 Å². The third-order valence-corrected chi connectivity index (χ3v) is 4.72. The first-order valence-corrected chi connectivity index (χ1v) is 8.39. The zero-order valence-electron chi connectivity index (χ0n) is 13.9. The predicted molar refractivity (Wildman–Crippen MR) is 92.7 cm³/mol. The van der Waals surface area contributed by atoms with Crippen LogP contribution in [0.15, 0.2) is 59.3 Å². The first-order chi connectivity index (χ1) is 12.2. The minimum Gasteiger partial charge on any atom is -0.465 e. The van der Waals surface area contributed by atoms with Crippen molar-refractivity contribution in [3.8, 4) is 22.5 Å². The number of aromatic nitrogens is 2. The number of carbonyl (C=O) groups excluding carboxylic acids is 1. The van der Waals surface area contributed by atoms with E-state index in [0.29, 0.717) is 12.4 Å². The molecule has 0 radical (unpaired) electrons. The summed E-state index contributed by atoms with van der Waals surface area (Å²) in [6.45, 7) is 2.27. The first-order valence-electron chi connectivity index (χ1n) is 8.39. The third-order valence-electron chi connectivity index (χ3n) is 4.72. The molecule has 3 aromatic rings. The molecule has 1 fully saturated rings. The van der Waals surface area contributed by atoms with Crippen molar-refractivity contribution in [2.24, 2.45) is 0 Å². The molecule has 1 saturated carbocycles. The molecule has 1 aromatic heterocycles. The van der Waals surface area contributed by atoms with Crippen molar-refractivity contribution in [2.75, 3.05) is 6.61 Å². The van der Waals surface area contributed by atoms with Crippen LogP contribution in [0.5, 0.6) is 0 Å². The lowest BCUT2D eigenvalue weighted by Crippen LogP contribution is -2.23. The van der Waals surface area contributed by atoms with Crippen LogP contribution in [0.2, 0.25) is 0 Å². The zero-order chi connectivity index (χ0) is 17.3. The molecule has 1 aliphatic rings. The molecule has 0 bridgehead atoms. The fourth-order valence-corrected chi connectivity index (χ4v) is 3.11. The summed E-state index contributed by atoms with van der Waals surface area (Å²) >= 11 is 0. The number of hydrogen-bond acceptors (Lipinski definition) is 5. The maximum Gasteiger partial charge on any atom is 0.316 e. The van der Waals surface area contributed by atoms with E-state index < -0.39 is 5.41 Å². The number of carbonyl (C=O) groups is 1. The van der Waals surface area contributed by atoms with Crippen molar-refractivity contribution in [3.63, 3.8) is 0 Å². The van der Waals surface area contributed by atoms with Gasteiger partial charge in [-0.15, -0.1) is 5.10 Å². The van der Waals surface area contributed by atoms with Gasteiger partial charge in [0.05, 0.1) is 18.2 Å². The van der Waals surface area contributed by atoms with E-state index >= 15 is 0 Å². The molecule has 5 nitrogen and oxygen atoms in total. The highest BCUT2D eigenvalue weighted by atomic mass is 16.5. The Balaban J connectivity index is 1.55. The van der Waals surface area contributed by atoms with Gasteiger partial charge in [-0.3, -0.25) is 4.79 Å². The lowest BCUT2D eigenvalue weighted by Gasteiger charge is -2.14. The Morgan fingerprint density at radius 2 is 1.64 bits per heavy atom. The zero-order valence-corrected chi connectivity index (χ0v) is 13.9. The van der Waals surface area contributed by atoms with Crippen LogP contribution in [-0.2, 0) is 14.9 Å². The number of nitrogens with zero attached hydrogens (tertiary/aromatic N) is 2. The van der Waals surface area contributed by atoms with Gasteiger partial charge in [-0.25, -0.2) is 0 Å². The lowest BCUT2D eigenvalue weighted by molar-refractivity contribution is -0.146. The summed E-state index contributed by atoms with van der Waals surface area (Å²) in [7, 11) is 0. The van der Waals surface area contributed by atoms with Crippen molar-refractivity contribution in [1.82, 2.24) is 10.4 Å². The number of benzene rings is 2. The molecule has 0 N–H and O–H groups in total. The molecule has 0 spiro atoms. The predicted octanol–water partition coefficient (Wildman–Crippen LogP) is 4.00. The molecule has 4 rings (SSSR count). The average Bonchev–Trinajstić information content (AvgIpc) is 3.29. The summed E-state index contributed by atoms with van der Waals surface area (Å²) in [5.41, 5.74) is 3.76. The van der Waals surface area contributed by atoms with E-state index in [9.17, 15) is 4.79 Å². The van der Waals surface area contributed by atoms with Crippen molar-refractivity contribution in [2.45, 2.75) is 25.2 Å². The summed E-state index contributed by atoms with van der Waals surface area (Å²) < 4.78 is 10.3. The van der Waals surface area contributed by atoms with Gasteiger partial charge in [0.2, 0.25) is 0 Å². The van der Waals surface area contributed by atoms with Gasteiger partial charge in [0.15, 0.2) is 5.76 Å². The Bertz CT molecular complexity index is 864. The normalized spacial score (nSPS) is 14.9. The smallest absolute Gasteiger partial charge is 0.316 e. The monoisotopic (exact) mass is 334 g/mol. The van der Waals surface area contributed by atoms with Gasteiger partial charge in [-0.1, -0.05) is 48.5 Å². The summed E-state index contributed by atoms with van der Waals surface area (Å²) in [4.78, 5) is 12.2. The Kier molecular flexibility index (Phi) is 3.84. The van der Waals surface area contributed by atoms with Crippen molar-refractivity contribution in [1.29, 1.82) is 0 Å². The maximum atomic E-state index is 12.2. The van der Waals surface area contributed by atoms with E-state index in [1.807, 2.05) is 43.3 Å². The molecule has 0 aliphatic heterocycles. The quantitative estimate of drug-likeness (QED) is 0.660. The second-order valence-electron chi connectivity index (χ2n) is 6.24. The lowest BCUT2D eigenvalue weighted by atomic mass is 9.93. The summed E-state index contributed by atoms with van der Waals surface area (Å²) in [5.74, 6) is 0.541. The molecule has 0 saturated heterocycles. The Hall–Kier alpha value is -2.95. The van der Waals surface area contributed by atoms with Crippen LogP contribution < -0.4 is 0 Å². The van der Waals surface area contributed by atoms with Gasteiger partial charge in [-0.2, -0.15) is 0 Å². The van der Waals surface area contributed by atoms with Crippen LogP contribution in [0.4, 0.5) is 0 Å². The van der Waals surface area contributed by atoms with Crippen molar-refractivity contribution >= 4 is 5.97 Å². The van der Waals surface area contributed by atoms with Gasteiger partial charge in [0.1, 0.15) is 0 Å². The van der Waals surface area contributed by atoms with Crippen LogP contribution >= 0.6 is 0 Å². The SMILES string of the molecule is CCOC(=O)C1(c2ccc(-c3ccc(-c4cnno4)cc3)cc2)CC1. The minimum atomic E-state index is -0.419. The van der Waals surface area contributed by atoms with Crippen LogP contribution in [0.1, 0.15) is 25.3 Å². The second-order valence-corrected chi connectivity index (χ2v) is 6.24. The molecule has 0 unspecified atom stereocenters. The standard InChI is InChI=1S/C20H18N2O3/c1-2-24-19(23)20(11-12-20)17-9-7-15(8-10-17)14-3-5-16(6-4-14)18-13-21-22-25-18/h3-10,13H,2,11-12H2,1H3. The molecule has 1 heterocycles. The van der Waals surface area contributed by atoms with Gasteiger partial charge in [0.25, 0.3) is 0 Å². The van der Waals surface area contributed by atoms with Gasteiger partial charge < -0.3 is 9.26 Å². The Labute approximate surface area is 145 Å². The second kappa shape index (κ2) is 6.16. The first kappa shape index (κ1) is 15.6. The van der Waals surface area contributed by atoms with Crippen LogP contribution in [0.25, 0.3) is 22.5 Å². The molecule has 5 heteroatoms. The van der Waals surface area contributed by atoms with E-state index in [0.717, 1.165) is 35.1 Å². The van der Waals surface area contributed by atoms with Crippen LogP contribution in [0, 0.1) is 0 Å². The van der Waals surface area contributed by atoms with E-state index in [4.69, 9.17) is 9.26 Å². The average molecular weight is 334 g/mol. The van der Waals surface area contributed by atoms with Crippen LogP contribution in [0.3, 0.4) is 0 Å². The molecule has 0 amide bonds. The number of hydrogen-bond donors (Lipinski definition) is 0. The molecule has 2 aromatic carbocycles. The summed E-state index contributed by atoms with van der Waals surface area (Å²) in [6, 6.07) is 16.2. The minimum absolute atomic E-state index is 0.104. The highest BCUT2D eigenvalue weighted by Gasteiger charge is 2.52. The molecule has 25 heavy (non-hydrogen) atoms. The summed E-state index contributed by atoms with van der Waals surface area (Å²) in [6.07, 6.45) is 3.32. The molecular weight excluding hydrogens is 316 g/mol. The number of esters is 1. The maximum absolute atomic E-state index is 12.2. The van der Waals surface area contributed by atoms with Crippen LogP contribution in [-0.4, -0.2) is 22.9 Å².